The van der Waals surface area contributed by atoms with Gasteiger partial charge in [-0.05, 0) is 0 Å². The lowest BCUT2D eigenvalue weighted by atomic mass is 10.0. The molecule has 1 aromatic rings. The lowest BCUT2D eigenvalue weighted by Crippen LogP contribution is -2.58. The van der Waals surface area contributed by atoms with Gasteiger partial charge in [-0.3, -0.25) is 0 Å². The first kappa shape index (κ1) is 14.7. The molecule has 20 heavy (non-hydrogen) atoms. The molecule has 6 heteroatoms. The summed E-state index contributed by atoms with van der Waals surface area (Å²) in [7, 11) is 1.60. The highest BCUT2D eigenvalue weighted by molar-refractivity contribution is 7.85. The first-order valence-electron chi connectivity index (χ1n) is 6.57. The van der Waals surface area contributed by atoms with Gasteiger partial charge in [0.1, 0.15) is 12.2 Å². The molecule has 0 spiro atoms. The van der Waals surface area contributed by atoms with E-state index in [1.807, 2.05) is 30.3 Å². The van der Waals surface area contributed by atoms with Gasteiger partial charge in [-0.25, -0.2) is 0 Å². The molecule has 2 aliphatic rings. The van der Waals surface area contributed by atoms with Crippen molar-refractivity contribution in [3.8, 4) is 0 Å². The molecule has 2 saturated heterocycles. The lowest BCUT2D eigenvalue weighted by molar-refractivity contribution is -0.308. The number of rotatable bonds is 2. The van der Waals surface area contributed by atoms with Crippen molar-refractivity contribution in [1.29, 1.82) is 0 Å². The van der Waals surface area contributed by atoms with Gasteiger partial charge in [0.25, 0.3) is 0 Å². The SMILES string of the molecule is CO[C@@H]1O[C@H]2CO[C@H](c3ccccc3)O[C@@H]2[C@@H](S)[C@H]1S. The Morgan fingerprint density at radius 1 is 1.10 bits per heavy atom. The van der Waals surface area contributed by atoms with Gasteiger partial charge in [-0.2, -0.15) is 25.3 Å². The Bertz CT molecular complexity index is 442. The van der Waals surface area contributed by atoms with Crippen LogP contribution in [-0.4, -0.2) is 42.7 Å². The van der Waals surface area contributed by atoms with Crippen LogP contribution >= 0.6 is 25.3 Å². The van der Waals surface area contributed by atoms with Crippen molar-refractivity contribution in [2.75, 3.05) is 13.7 Å². The third-order valence-electron chi connectivity index (χ3n) is 3.64. The third-order valence-corrected chi connectivity index (χ3v) is 5.05. The molecule has 6 atom stereocenters. The fourth-order valence-electron chi connectivity index (χ4n) is 2.55. The van der Waals surface area contributed by atoms with E-state index in [1.165, 1.54) is 0 Å². The Morgan fingerprint density at radius 3 is 2.55 bits per heavy atom. The summed E-state index contributed by atoms with van der Waals surface area (Å²) in [5.74, 6) is 0. The van der Waals surface area contributed by atoms with Gasteiger partial charge in [0, 0.05) is 17.9 Å². The van der Waals surface area contributed by atoms with E-state index in [9.17, 15) is 0 Å². The summed E-state index contributed by atoms with van der Waals surface area (Å²) in [4.78, 5) is 0. The van der Waals surface area contributed by atoms with E-state index in [4.69, 9.17) is 18.9 Å². The minimum Gasteiger partial charge on any atom is -0.355 e. The predicted molar refractivity (Wildman–Crippen MR) is 81.2 cm³/mol. The lowest BCUT2D eigenvalue weighted by Gasteiger charge is -2.46. The van der Waals surface area contributed by atoms with Crippen molar-refractivity contribution >= 4 is 25.3 Å². The van der Waals surface area contributed by atoms with Crippen molar-refractivity contribution in [2.24, 2.45) is 0 Å². The van der Waals surface area contributed by atoms with Crippen LogP contribution in [-0.2, 0) is 18.9 Å². The van der Waals surface area contributed by atoms with Crippen molar-refractivity contribution in [3.05, 3.63) is 35.9 Å². The molecule has 0 aliphatic carbocycles. The van der Waals surface area contributed by atoms with E-state index < -0.39 is 0 Å². The molecule has 1 aromatic carbocycles. The Balaban J connectivity index is 1.74. The molecule has 0 saturated carbocycles. The molecule has 2 fully saturated rings. The Hall–Kier alpha value is -0.240. The van der Waals surface area contributed by atoms with Crippen LogP contribution < -0.4 is 0 Å². The largest absolute Gasteiger partial charge is 0.355 e. The molecule has 3 rings (SSSR count). The number of fused-ring (bicyclic) bond motifs is 1. The smallest absolute Gasteiger partial charge is 0.184 e. The van der Waals surface area contributed by atoms with Crippen molar-refractivity contribution in [3.63, 3.8) is 0 Å². The Morgan fingerprint density at radius 2 is 1.85 bits per heavy atom. The van der Waals surface area contributed by atoms with Crippen molar-refractivity contribution in [1.82, 2.24) is 0 Å². The van der Waals surface area contributed by atoms with Gasteiger partial charge < -0.3 is 18.9 Å². The van der Waals surface area contributed by atoms with Crippen molar-refractivity contribution in [2.45, 2.75) is 35.3 Å². The van der Waals surface area contributed by atoms with Crippen LogP contribution in [0.25, 0.3) is 0 Å². The number of methoxy groups -OCH3 is 1. The Labute approximate surface area is 129 Å². The predicted octanol–water partition coefficient (Wildman–Crippen LogP) is 2.07. The molecule has 0 aromatic heterocycles. The highest BCUT2D eigenvalue weighted by Crippen LogP contribution is 2.37. The summed E-state index contributed by atoms with van der Waals surface area (Å²) in [5.41, 5.74) is 0.996. The van der Waals surface area contributed by atoms with E-state index in [0.717, 1.165) is 5.56 Å². The van der Waals surface area contributed by atoms with Gasteiger partial charge >= 0.3 is 0 Å². The second-order valence-electron chi connectivity index (χ2n) is 4.94. The van der Waals surface area contributed by atoms with Crippen LogP contribution in [0.2, 0.25) is 0 Å². The summed E-state index contributed by atoms with van der Waals surface area (Å²) >= 11 is 9.15. The average molecular weight is 314 g/mol. The molecule has 0 radical (unpaired) electrons. The highest BCUT2D eigenvalue weighted by atomic mass is 32.1. The van der Waals surface area contributed by atoms with E-state index in [-0.39, 0.29) is 35.3 Å². The molecule has 2 heterocycles. The second kappa shape index (κ2) is 6.25. The zero-order valence-electron chi connectivity index (χ0n) is 11.1. The molecule has 0 amide bonds. The molecular weight excluding hydrogens is 296 g/mol. The molecule has 0 unspecified atom stereocenters. The normalized spacial score (nSPS) is 41.1. The molecule has 2 aliphatic heterocycles. The summed E-state index contributed by atoms with van der Waals surface area (Å²) in [5, 5.41) is -0.212. The molecule has 110 valence electrons. The molecular formula is C14H18O4S2. The summed E-state index contributed by atoms with van der Waals surface area (Å²) in [6.07, 6.45) is -1.10. The number of hydrogen-bond acceptors (Lipinski definition) is 6. The monoisotopic (exact) mass is 314 g/mol. The van der Waals surface area contributed by atoms with Crippen LogP contribution in [0.1, 0.15) is 11.9 Å². The first-order valence-corrected chi connectivity index (χ1v) is 7.60. The highest BCUT2D eigenvalue weighted by Gasteiger charge is 2.47. The van der Waals surface area contributed by atoms with Gasteiger partial charge in [0.2, 0.25) is 0 Å². The van der Waals surface area contributed by atoms with E-state index >= 15 is 0 Å². The number of thiol groups is 2. The fourth-order valence-corrected chi connectivity index (χ4v) is 3.32. The minimum atomic E-state index is -0.387. The molecule has 4 nitrogen and oxygen atoms in total. The van der Waals surface area contributed by atoms with Crippen LogP contribution in [0.4, 0.5) is 0 Å². The average Bonchev–Trinajstić information content (AvgIpc) is 2.51. The van der Waals surface area contributed by atoms with E-state index in [0.29, 0.717) is 6.61 Å². The van der Waals surface area contributed by atoms with E-state index in [2.05, 4.69) is 25.3 Å². The zero-order chi connectivity index (χ0) is 14.1. The summed E-state index contributed by atoms with van der Waals surface area (Å²) in [6.45, 7) is 0.460. The summed E-state index contributed by atoms with van der Waals surface area (Å²) < 4.78 is 22.9. The van der Waals surface area contributed by atoms with Crippen LogP contribution in [0.5, 0.6) is 0 Å². The minimum absolute atomic E-state index is 0.0721. The van der Waals surface area contributed by atoms with Gasteiger partial charge in [-0.15, -0.1) is 0 Å². The summed E-state index contributed by atoms with van der Waals surface area (Å²) in [6, 6.07) is 9.86. The second-order valence-corrected chi connectivity index (χ2v) is 6.13. The number of ether oxygens (including phenoxy) is 4. The maximum Gasteiger partial charge on any atom is 0.184 e. The van der Waals surface area contributed by atoms with Crippen LogP contribution in [0.3, 0.4) is 0 Å². The topological polar surface area (TPSA) is 36.9 Å². The standard InChI is InChI=1S/C14H18O4S2/c1-15-14-12(20)11(19)10-9(17-14)7-16-13(18-10)8-5-3-2-4-6-8/h2-6,9-14,19-20H,7H2,1H3/t9-,10-,11+,12+,13-,14+/m0/s1. The van der Waals surface area contributed by atoms with Gasteiger partial charge in [0.05, 0.1) is 11.9 Å². The van der Waals surface area contributed by atoms with Gasteiger partial charge in [-0.1, -0.05) is 30.3 Å². The van der Waals surface area contributed by atoms with Crippen molar-refractivity contribution < 1.29 is 18.9 Å². The maximum absolute atomic E-state index is 6.02. The Kier molecular flexibility index (Phi) is 4.59. The molecule has 0 N–H and O–H groups in total. The van der Waals surface area contributed by atoms with Crippen LogP contribution in [0, 0.1) is 0 Å². The number of hydrogen-bond donors (Lipinski definition) is 2. The molecule has 0 bridgehead atoms. The third kappa shape index (κ3) is 2.73. The maximum atomic E-state index is 6.02. The fraction of sp³-hybridized carbons (Fsp3) is 0.571. The first-order chi connectivity index (χ1) is 9.70. The number of benzene rings is 1. The van der Waals surface area contributed by atoms with Gasteiger partial charge in [0.15, 0.2) is 12.6 Å². The van der Waals surface area contributed by atoms with Crippen LogP contribution in [0.15, 0.2) is 30.3 Å². The quantitative estimate of drug-likeness (QED) is 0.820. The van der Waals surface area contributed by atoms with E-state index in [1.54, 1.807) is 7.11 Å². The zero-order valence-corrected chi connectivity index (χ0v) is 12.9.